The number of carboxylic acids is 2. The smallest absolute Gasteiger partial charge is 0.303 e. The fraction of sp³-hybridized carbons (Fsp3) is 0.235. The Morgan fingerprint density at radius 1 is 0.595 bits per heavy atom. The first-order valence-electron chi connectivity index (χ1n) is 14.0. The molecular weight excluding hydrogens is 528 g/mol. The van der Waals surface area contributed by atoms with Gasteiger partial charge in [-0.3, -0.25) is 9.59 Å². The van der Waals surface area contributed by atoms with E-state index in [1.807, 2.05) is 38.2 Å². The van der Waals surface area contributed by atoms with Gasteiger partial charge in [0.25, 0.3) is 0 Å². The van der Waals surface area contributed by atoms with Gasteiger partial charge in [-0.15, -0.1) is 0 Å². The first-order valence-corrected chi connectivity index (χ1v) is 14.0. The average molecular weight is 565 g/mol. The van der Waals surface area contributed by atoms with E-state index in [0.717, 1.165) is 88.7 Å². The highest BCUT2D eigenvalue weighted by Crippen LogP contribution is 2.23. The Hall–Kier alpha value is -4.98. The SMILES string of the molecule is C=Cc1c2[nH]c(c1C)/C=c1\[nH]/c(c(C)c1C=C)=C\c1[nH]c(c(CCC(=O)O)c1C)C=c1[nH]c(c(C)c1CCC(=O)O)=C2. The molecule has 5 rings (SSSR count). The van der Waals surface area contributed by atoms with Crippen molar-refractivity contribution in [3.8, 4) is 0 Å². The maximum atomic E-state index is 11.5. The van der Waals surface area contributed by atoms with E-state index in [1.165, 1.54) is 0 Å². The lowest BCUT2D eigenvalue weighted by atomic mass is 10.0. The third-order valence-corrected chi connectivity index (χ3v) is 8.38. The molecule has 1 aliphatic heterocycles. The van der Waals surface area contributed by atoms with Crippen LogP contribution >= 0.6 is 0 Å². The van der Waals surface area contributed by atoms with Crippen LogP contribution in [-0.2, 0) is 22.4 Å². The number of hydrogen-bond acceptors (Lipinski definition) is 2. The molecule has 8 nitrogen and oxygen atoms in total. The first kappa shape index (κ1) is 28.5. The molecule has 6 N–H and O–H groups in total. The fourth-order valence-electron chi connectivity index (χ4n) is 5.93. The van der Waals surface area contributed by atoms with Crippen molar-refractivity contribution in [2.75, 3.05) is 0 Å². The van der Waals surface area contributed by atoms with Gasteiger partial charge in [0.15, 0.2) is 0 Å². The van der Waals surface area contributed by atoms with E-state index < -0.39 is 11.9 Å². The number of H-pyrrole nitrogens is 4. The van der Waals surface area contributed by atoms with E-state index in [0.29, 0.717) is 12.8 Å². The molecule has 42 heavy (non-hydrogen) atoms. The highest BCUT2D eigenvalue weighted by Gasteiger charge is 2.17. The largest absolute Gasteiger partial charge is 0.481 e. The Morgan fingerprint density at radius 2 is 1.10 bits per heavy atom. The summed E-state index contributed by atoms with van der Waals surface area (Å²) in [6.07, 6.45) is 12.5. The van der Waals surface area contributed by atoms with Crippen molar-refractivity contribution >= 4 is 48.4 Å². The quantitative estimate of drug-likeness (QED) is 0.172. The first-order chi connectivity index (χ1) is 20.0. The van der Waals surface area contributed by atoms with E-state index >= 15 is 0 Å². The molecule has 0 unspecified atom stereocenters. The maximum Gasteiger partial charge on any atom is 0.303 e. The molecule has 4 aromatic heterocycles. The minimum Gasteiger partial charge on any atom is -0.481 e. The van der Waals surface area contributed by atoms with E-state index in [4.69, 9.17) is 0 Å². The van der Waals surface area contributed by atoms with Gasteiger partial charge >= 0.3 is 11.9 Å². The van der Waals surface area contributed by atoms with Crippen molar-refractivity contribution in [1.82, 2.24) is 19.9 Å². The predicted molar refractivity (Wildman–Crippen MR) is 167 cm³/mol. The van der Waals surface area contributed by atoms with Crippen LogP contribution in [0.1, 0.15) is 80.1 Å². The standard InChI is InChI=1S/C34H36N4O4/c1-7-21-17(3)25-13-26-19(5)23(9-11-33(39)40)31(37-26)16-32-24(10-12-34(41)42)20(6)28(38-32)15-30-22(8-2)18(4)27(36-30)14-29(21)35-25/h7-8,13-16,35-38H,1-2,9-12H2,3-6H3,(H,39,40)(H,41,42)/b25-13-,26-13?,27-14?,28-15?,29-14-,30-15?,31-16?,32-16?. The van der Waals surface area contributed by atoms with Crippen LogP contribution in [0.2, 0.25) is 0 Å². The highest BCUT2D eigenvalue weighted by atomic mass is 16.4. The summed E-state index contributed by atoms with van der Waals surface area (Å²) in [6, 6.07) is 0. The molecular formula is C34H36N4O4. The lowest BCUT2D eigenvalue weighted by molar-refractivity contribution is -0.138. The topological polar surface area (TPSA) is 138 Å². The second-order valence-electron chi connectivity index (χ2n) is 10.9. The van der Waals surface area contributed by atoms with Crippen LogP contribution in [0.15, 0.2) is 13.2 Å². The number of aromatic amines is 4. The number of hydrogen-bond donors (Lipinski definition) is 6. The summed E-state index contributed by atoms with van der Waals surface area (Å²) in [5.74, 6) is -1.73. The van der Waals surface area contributed by atoms with E-state index in [1.54, 1.807) is 0 Å². The Bertz CT molecular complexity index is 2020. The van der Waals surface area contributed by atoms with Gasteiger partial charge in [-0.1, -0.05) is 25.3 Å². The fourth-order valence-corrected chi connectivity index (χ4v) is 5.93. The van der Waals surface area contributed by atoms with Crippen LogP contribution in [-0.4, -0.2) is 42.1 Å². The zero-order valence-electron chi connectivity index (χ0n) is 24.4. The second-order valence-corrected chi connectivity index (χ2v) is 10.9. The summed E-state index contributed by atoms with van der Waals surface area (Å²) in [5, 5.41) is 22.4. The molecule has 8 bridgehead atoms. The van der Waals surface area contributed by atoms with Crippen LogP contribution < -0.4 is 21.4 Å². The van der Waals surface area contributed by atoms with Crippen LogP contribution in [0, 0.1) is 27.7 Å². The number of rotatable bonds is 8. The summed E-state index contributed by atoms with van der Waals surface area (Å²) in [5.41, 5.74) is 11.3. The number of fused-ring (bicyclic) bond motifs is 8. The van der Waals surface area contributed by atoms with Gasteiger partial charge in [-0.05, 0) is 98.2 Å². The van der Waals surface area contributed by atoms with Gasteiger partial charge < -0.3 is 30.1 Å². The summed E-state index contributed by atoms with van der Waals surface area (Å²) in [4.78, 5) is 37.3. The number of nitrogens with one attached hydrogen (secondary N) is 4. The minimum atomic E-state index is -0.867. The normalized spacial score (nSPS) is 13.7. The van der Waals surface area contributed by atoms with Crippen LogP contribution in [0.5, 0.6) is 0 Å². The number of aromatic nitrogens is 4. The van der Waals surface area contributed by atoms with Gasteiger partial charge in [-0.2, -0.15) is 0 Å². The maximum absolute atomic E-state index is 11.5. The monoisotopic (exact) mass is 564 g/mol. The predicted octanol–water partition coefficient (Wildman–Crippen LogP) is 3.18. The van der Waals surface area contributed by atoms with Crippen molar-refractivity contribution in [2.45, 2.75) is 53.4 Å². The number of carbonyl (C=O) groups is 2. The molecule has 8 heteroatoms. The molecule has 0 amide bonds. The average Bonchev–Trinajstić information content (AvgIpc) is 3.59. The van der Waals surface area contributed by atoms with Crippen molar-refractivity contribution in [2.24, 2.45) is 0 Å². The van der Waals surface area contributed by atoms with Crippen LogP contribution in [0.3, 0.4) is 0 Å². The van der Waals surface area contributed by atoms with E-state index in [9.17, 15) is 19.8 Å². The van der Waals surface area contributed by atoms with Crippen LogP contribution in [0.4, 0.5) is 0 Å². The lowest BCUT2D eigenvalue weighted by Gasteiger charge is -2.01. The highest BCUT2D eigenvalue weighted by molar-refractivity contribution is 5.73. The minimum absolute atomic E-state index is 0.00645. The van der Waals surface area contributed by atoms with E-state index in [-0.39, 0.29) is 12.8 Å². The van der Waals surface area contributed by atoms with Crippen molar-refractivity contribution < 1.29 is 19.8 Å². The van der Waals surface area contributed by atoms with Crippen molar-refractivity contribution in [3.05, 3.63) is 102 Å². The molecule has 0 saturated carbocycles. The summed E-state index contributed by atoms with van der Waals surface area (Å²) < 4.78 is 0. The van der Waals surface area contributed by atoms with Crippen molar-refractivity contribution in [1.29, 1.82) is 0 Å². The molecule has 0 fully saturated rings. The van der Waals surface area contributed by atoms with Gasteiger partial charge in [0.1, 0.15) is 0 Å². The summed E-state index contributed by atoms with van der Waals surface area (Å²) in [6.45, 7) is 16.2. The molecule has 0 aliphatic carbocycles. The van der Waals surface area contributed by atoms with Crippen LogP contribution in [0.25, 0.3) is 36.5 Å². The molecule has 0 spiro atoms. The van der Waals surface area contributed by atoms with E-state index in [2.05, 4.69) is 59.1 Å². The van der Waals surface area contributed by atoms with Gasteiger partial charge in [0.2, 0.25) is 0 Å². The Kier molecular flexibility index (Phi) is 7.56. The molecule has 5 heterocycles. The zero-order chi connectivity index (χ0) is 30.3. The molecule has 4 aromatic rings. The van der Waals surface area contributed by atoms with Gasteiger partial charge in [-0.25, -0.2) is 0 Å². The summed E-state index contributed by atoms with van der Waals surface area (Å²) in [7, 11) is 0. The van der Waals surface area contributed by atoms with Gasteiger partial charge in [0.05, 0.1) is 0 Å². The zero-order valence-corrected chi connectivity index (χ0v) is 24.4. The third kappa shape index (κ3) is 5.11. The van der Waals surface area contributed by atoms with Gasteiger partial charge in [0, 0.05) is 68.1 Å². The van der Waals surface area contributed by atoms with Crippen molar-refractivity contribution in [3.63, 3.8) is 0 Å². The Balaban J connectivity index is 1.92. The third-order valence-electron chi connectivity index (χ3n) is 8.38. The molecule has 0 aromatic carbocycles. The molecule has 1 aliphatic rings. The molecule has 216 valence electrons. The Labute approximate surface area is 243 Å². The number of aliphatic carboxylic acids is 2. The molecule has 0 saturated heterocycles. The Morgan fingerprint density at radius 3 is 1.74 bits per heavy atom. The second kappa shape index (κ2) is 11.1. The molecule has 0 atom stereocenters. The molecule has 0 radical (unpaired) electrons. The number of carboxylic acid groups (broad SMARTS) is 2. The summed E-state index contributed by atoms with van der Waals surface area (Å²) >= 11 is 0. The lowest BCUT2D eigenvalue weighted by Crippen LogP contribution is -2.14.